The number of unbranched alkanes of at least 4 members (excludes halogenated alkanes) is 2. The van der Waals surface area contributed by atoms with E-state index in [1.807, 2.05) is 30.8 Å². The molecule has 1 saturated heterocycles. The van der Waals surface area contributed by atoms with Gasteiger partial charge in [-0.3, -0.25) is 23.9 Å². The van der Waals surface area contributed by atoms with Crippen molar-refractivity contribution in [3.8, 4) is 0 Å². The van der Waals surface area contributed by atoms with E-state index < -0.39 is 18.1 Å². The first-order valence-electron chi connectivity index (χ1n) is 15.2. The molecule has 2 aromatic carbocycles. The van der Waals surface area contributed by atoms with Crippen LogP contribution < -0.4 is 19.7 Å². The molecule has 2 aliphatic heterocycles. The third kappa shape index (κ3) is 5.91. The third-order valence-electron chi connectivity index (χ3n) is 8.51. The van der Waals surface area contributed by atoms with Crippen LogP contribution in [0.4, 0.5) is 11.4 Å². The second-order valence-electron chi connectivity index (χ2n) is 11.3. The van der Waals surface area contributed by atoms with Crippen molar-refractivity contribution >= 4 is 85.6 Å². The molecular formula is C33H35N3O4S4. The van der Waals surface area contributed by atoms with Crippen LogP contribution in [0.15, 0.2) is 52.2 Å². The summed E-state index contributed by atoms with van der Waals surface area (Å²) in [5.41, 5.74) is 4.20. The van der Waals surface area contributed by atoms with Gasteiger partial charge in [-0.15, -0.1) is 23.1 Å². The average molecular weight is 666 g/mol. The predicted molar refractivity (Wildman–Crippen MR) is 186 cm³/mol. The van der Waals surface area contributed by atoms with Crippen LogP contribution in [0, 0.1) is 0 Å². The topological polar surface area (TPSA) is 82.8 Å². The molecule has 2 atom stereocenters. The lowest BCUT2D eigenvalue weighted by Gasteiger charge is -2.27. The minimum absolute atomic E-state index is 0.289. The minimum atomic E-state index is -1.14. The second-order valence-corrected chi connectivity index (χ2v) is 15.1. The summed E-state index contributed by atoms with van der Waals surface area (Å²) >= 11 is 9.56. The van der Waals surface area contributed by atoms with Gasteiger partial charge in [-0.05, 0) is 85.5 Å². The minimum Gasteiger partial charge on any atom is -0.480 e. The maximum atomic E-state index is 13.5. The van der Waals surface area contributed by atoms with Gasteiger partial charge in [-0.25, -0.2) is 0 Å². The largest absolute Gasteiger partial charge is 0.480 e. The standard InChI is InChI=1S/C33H35N3O4S4/c1-3-5-6-16-42-22-13-11-21(12-14-22)36-25-9-7-8-23(25)24-17-20(10-15-26(24)36)18-27-30(39)35(19-28(37)38)32(43-27)29-31(40)34(4-2)33(41)44-29/h10-15,17-18,23,25H,3-9,16,19H2,1-2H3,(H,37,38)/b27-18-,32-29+. The number of carbonyl (C=O) groups is 2. The Bertz CT molecular complexity index is 1800. The number of carbonyl (C=O) groups excluding carboxylic acids is 1. The SMILES string of the molecule is CCCCCSc1ccc(N2c3ccc(/C=c4\s/c(=C5/SC(=S)N(CC)C5=O)n(CC(=O)O)c4=O)cc3C3CCCC32)cc1. The number of aliphatic carboxylic acids is 1. The number of aromatic nitrogens is 1. The first kappa shape index (κ1) is 31.1. The summed E-state index contributed by atoms with van der Waals surface area (Å²) in [4.78, 5) is 43.8. The molecule has 6 rings (SSSR count). The van der Waals surface area contributed by atoms with Crippen molar-refractivity contribution < 1.29 is 14.7 Å². The molecule has 1 amide bonds. The first-order chi connectivity index (χ1) is 21.3. The zero-order valence-corrected chi connectivity index (χ0v) is 28.1. The van der Waals surface area contributed by atoms with Crippen LogP contribution in [0.3, 0.4) is 0 Å². The highest BCUT2D eigenvalue weighted by atomic mass is 32.2. The van der Waals surface area contributed by atoms with Gasteiger partial charge in [0.25, 0.3) is 11.5 Å². The van der Waals surface area contributed by atoms with E-state index in [4.69, 9.17) is 12.2 Å². The highest BCUT2D eigenvalue weighted by Gasteiger charge is 2.42. The Labute approximate surface area is 274 Å². The summed E-state index contributed by atoms with van der Waals surface area (Å²) in [7, 11) is 0. The van der Waals surface area contributed by atoms with Crippen LogP contribution in [0.5, 0.6) is 0 Å². The number of thiocarbonyl (C=S) groups is 1. The van der Waals surface area contributed by atoms with E-state index in [0.29, 0.717) is 36.9 Å². The molecule has 11 heteroatoms. The molecule has 7 nitrogen and oxygen atoms in total. The van der Waals surface area contributed by atoms with Crippen LogP contribution in [0.25, 0.3) is 11.0 Å². The molecule has 1 saturated carbocycles. The predicted octanol–water partition coefficient (Wildman–Crippen LogP) is 5.88. The summed E-state index contributed by atoms with van der Waals surface area (Å²) in [5, 5.41) is 9.55. The number of nitrogens with zero attached hydrogens (tertiary/aromatic N) is 3. The zero-order chi connectivity index (χ0) is 31.0. The molecule has 1 aromatic heterocycles. The smallest absolute Gasteiger partial charge is 0.323 e. The van der Waals surface area contributed by atoms with Gasteiger partial charge in [-0.1, -0.05) is 56.2 Å². The Morgan fingerprint density at radius 3 is 2.61 bits per heavy atom. The van der Waals surface area contributed by atoms with Gasteiger partial charge in [0.15, 0.2) is 0 Å². The Morgan fingerprint density at radius 1 is 1.11 bits per heavy atom. The van der Waals surface area contributed by atoms with Crippen LogP contribution in [-0.4, -0.2) is 49.1 Å². The number of benzene rings is 2. The normalized spacial score (nSPS) is 21.0. The van der Waals surface area contributed by atoms with E-state index in [2.05, 4.69) is 48.2 Å². The van der Waals surface area contributed by atoms with E-state index in [1.165, 1.54) is 57.0 Å². The number of hydrogen-bond acceptors (Lipinski definition) is 8. The number of thiazole rings is 1. The van der Waals surface area contributed by atoms with E-state index in [1.54, 1.807) is 0 Å². The first-order valence-corrected chi connectivity index (χ1v) is 18.2. The third-order valence-corrected chi connectivity index (χ3v) is 12.3. The van der Waals surface area contributed by atoms with Crippen molar-refractivity contribution in [3.63, 3.8) is 0 Å². The fourth-order valence-electron chi connectivity index (χ4n) is 6.46. The number of amides is 1. The summed E-state index contributed by atoms with van der Waals surface area (Å²) in [6.45, 7) is 3.96. The number of thioether (sulfide) groups is 2. The molecule has 0 spiro atoms. The van der Waals surface area contributed by atoms with E-state index in [0.717, 1.165) is 47.3 Å². The Hall–Kier alpha value is -2.86. The lowest BCUT2D eigenvalue weighted by molar-refractivity contribution is -0.137. The highest BCUT2D eigenvalue weighted by Crippen LogP contribution is 2.52. The van der Waals surface area contributed by atoms with Gasteiger partial charge in [0.2, 0.25) is 0 Å². The van der Waals surface area contributed by atoms with Gasteiger partial charge in [0, 0.05) is 34.8 Å². The fourth-order valence-corrected chi connectivity index (χ4v) is 10.0. The maximum Gasteiger partial charge on any atom is 0.323 e. The van der Waals surface area contributed by atoms with Crippen molar-refractivity contribution in [1.29, 1.82) is 0 Å². The lowest BCUT2D eigenvalue weighted by atomic mass is 9.96. The summed E-state index contributed by atoms with van der Waals surface area (Å²) in [6, 6.07) is 15.8. The summed E-state index contributed by atoms with van der Waals surface area (Å²) in [5.74, 6) is 0.142. The van der Waals surface area contributed by atoms with E-state index >= 15 is 0 Å². The molecule has 1 N–H and O–H groups in total. The van der Waals surface area contributed by atoms with Crippen LogP contribution in [0.2, 0.25) is 0 Å². The van der Waals surface area contributed by atoms with Gasteiger partial charge >= 0.3 is 5.97 Å². The molecule has 2 fully saturated rings. The number of hydrogen-bond donors (Lipinski definition) is 1. The fraction of sp³-hybridized carbons (Fsp3) is 0.394. The van der Waals surface area contributed by atoms with Crippen LogP contribution in [0.1, 0.15) is 69.4 Å². The highest BCUT2D eigenvalue weighted by molar-refractivity contribution is 8.30. The Balaban J connectivity index is 1.36. The monoisotopic (exact) mass is 665 g/mol. The van der Waals surface area contributed by atoms with Crippen molar-refractivity contribution in [1.82, 2.24) is 9.47 Å². The van der Waals surface area contributed by atoms with Crippen LogP contribution >= 0.6 is 47.1 Å². The molecule has 3 aliphatic rings. The number of fused-ring (bicyclic) bond motifs is 3. The van der Waals surface area contributed by atoms with E-state index in [9.17, 15) is 19.5 Å². The van der Waals surface area contributed by atoms with Crippen molar-refractivity contribution in [2.75, 3.05) is 17.2 Å². The van der Waals surface area contributed by atoms with Gasteiger partial charge in [-0.2, -0.15) is 0 Å². The van der Waals surface area contributed by atoms with E-state index in [-0.39, 0.29) is 5.91 Å². The molecule has 3 aromatic rings. The van der Waals surface area contributed by atoms with Crippen molar-refractivity contribution in [2.45, 2.75) is 75.8 Å². The molecular weight excluding hydrogens is 631 g/mol. The molecule has 1 aliphatic carbocycles. The molecule has 0 bridgehead atoms. The molecule has 44 heavy (non-hydrogen) atoms. The second kappa shape index (κ2) is 13.2. The Morgan fingerprint density at radius 2 is 1.91 bits per heavy atom. The van der Waals surface area contributed by atoms with Crippen LogP contribution in [-0.2, 0) is 16.1 Å². The quantitative estimate of drug-likeness (QED) is 0.163. The van der Waals surface area contributed by atoms with Gasteiger partial charge in [0.05, 0.1) is 4.53 Å². The van der Waals surface area contributed by atoms with Crippen molar-refractivity contribution in [3.05, 3.63) is 73.1 Å². The summed E-state index contributed by atoms with van der Waals surface area (Å²) < 4.78 is 2.34. The number of rotatable bonds is 10. The van der Waals surface area contributed by atoms with Gasteiger partial charge in [0.1, 0.15) is 20.4 Å². The molecule has 230 valence electrons. The zero-order valence-electron chi connectivity index (χ0n) is 24.8. The summed E-state index contributed by atoms with van der Waals surface area (Å²) in [6.07, 6.45) is 9.03. The molecule has 2 unspecified atom stereocenters. The van der Waals surface area contributed by atoms with Gasteiger partial charge < -0.3 is 10.0 Å². The number of anilines is 2. The number of carboxylic acid groups (broad SMARTS) is 1. The number of carboxylic acids is 1. The molecule has 3 heterocycles. The van der Waals surface area contributed by atoms with Crippen molar-refractivity contribution in [2.24, 2.45) is 0 Å². The maximum absolute atomic E-state index is 13.5. The molecule has 0 radical (unpaired) electrons. The lowest BCUT2D eigenvalue weighted by Crippen LogP contribution is -2.35. The average Bonchev–Trinajstić information content (AvgIpc) is 3.74. The Kier molecular flexibility index (Phi) is 9.37.